The molecule has 1 aliphatic heterocycles. The fourth-order valence-electron chi connectivity index (χ4n) is 3.56. The highest BCUT2D eigenvalue weighted by Crippen LogP contribution is 2.44. The first-order valence-corrected chi connectivity index (χ1v) is 10.4. The summed E-state index contributed by atoms with van der Waals surface area (Å²) in [7, 11) is 0. The zero-order valence-corrected chi connectivity index (χ0v) is 16.2. The average Bonchev–Trinajstić information content (AvgIpc) is 3.34. The highest BCUT2D eigenvalue weighted by atomic mass is 32.1. The first-order chi connectivity index (χ1) is 13.9. The number of thiophene rings is 1. The van der Waals surface area contributed by atoms with Gasteiger partial charge in [-0.2, -0.15) is 4.98 Å². The van der Waals surface area contributed by atoms with Crippen molar-refractivity contribution in [2.75, 3.05) is 13.1 Å². The smallest absolute Gasteiger partial charge is 0.271 e. The lowest BCUT2D eigenvalue weighted by atomic mass is 10.1. The van der Waals surface area contributed by atoms with Crippen LogP contribution in [0.25, 0.3) is 20.9 Å². The molecule has 5 nitrogen and oxygen atoms in total. The van der Waals surface area contributed by atoms with Crippen molar-refractivity contribution in [2.24, 2.45) is 0 Å². The number of aromatic nitrogens is 2. The second kappa shape index (κ2) is 7.73. The van der Waals surface area contributed by atoms with Gasteiger partial charge in [0.05, 0.1) is 0 Å². The summed E-state index contributed by atoms with van der Waals surface area (Å²) in [6, 6.07) is 18.5. The van der Waals surface area contributed by atoms with Crippen LogP contribution >= 0.6 is 11.3 Å². The molecule has 0 atom stereocenters. The van der Waals surface area contributed by atoms with E-state index in [4.69, 9.17) is 9.26 Å². The molecule has 1 N–H and O–H groups in total. The van der Waals surface area contributed by atoms with E-state index in [1.165, 1.54) is 4.70 Å². The number of fused-ring (bicyclic) bond motifs is 1. The van der Waals surface area contributed by atoms with Gasteiger partial charge in [0.15, 0.2) is 11.6 Å². The largest absolute Gasteiger partial charge is 0.488 e. The SMILES string of the molecule is c1ccc(Cc2noc(-c3sc4ccccc4c3OC3CCNCC3)n2)cc1. The van der Waals surface area contributed by atoms with Gasteiger partial charge in [-0.3, -0.25) is 0 Å². The molecule has 1 fully saturated rings. The predicted molar refractivity (Wildman–Crippen MR) is 111 cm³/mol. The van der Waals surface area contributed by atoms with Crippen molar-refractivity contribution < 1.29 is 9.26 Å². The monoisotopic (exact) mass is 391 g/mol. The first kappa shape index (κ1) is 17.4. The van der Waals surface area contributed by atoms with Crippen molar-refractivity contribution in [1.29, 1.82) is 0 Å². The zero-order valence-electron chi connectivity index (χ0n) is 15.4. The summed E-state index contributed by atoms with van der Waals surface area (Å²) in [6.45, 7) is 1.98. The molecule has 5 rings (SSSR count). The molecule has 0 unspecified atom stereocenters. The van der Waals surface area contributed by atoms with Gasteiger partial charge in [-0.05, 0) is 43.6 Å². The van der Waals surface area contributed by atoms with Crippen LogP contribution in [0.5, 0.6) is 5.75 Å². The third-order valence-corrected chi connectivity index (χ3v) is 6.13. The van der Waals surface area contributed by atoms with E-state index in [1.807, 2.05) is 30.3 Å². The molecule has 4 aromatic rings. The van der Waals surface area contributed by atoms with Gasteiger partial charge in [0.2, 0.25) is 0 Å². The van der Waals surface area contributed by atoms with Crippen LogP contribution < -0.4 is 10.1 Å². The highest BCUT2D eigenvalue weighted by Gasteiger charge is 2.24. The summed E-state index contributed by atoms with van der Waals surface area (Å²) < 4.78 is 13.3. The molecule has 1 aliphatic rings. The average molecular weight is 391 g/mol. The van der Waals surface area contributed by atoms with Crippen molar-refractivity contribution >= 4 is 21.4 Å². The topological polar surface area (TPSA) is 60.2 Å². The van der Waals surface area contributed by atoms with E-state index >= 15 is 0 Å². The fourth-order valence-corrected chi connectivity index (χ4v) is 4.61. The minimum absolute atomic E-state index is 0.213. The number of piperidine rings is 1. The van der Waals surface area contributed by atoms with Crippen LogP contribution in [0.3, 0.4) is 0 Å². The van der Waals surface area contributed by atoms with E-state index in [9.17, 15) is 0 Å². The summed E-state index contributed by atoms with van der Waals surface area (Å²) in [5.41, 5.74) is 1.16. The van der Waals surface area contributed by atoms with Crippen LogP contribution in [0.2, 0.25) is 0 Å². The number of ether oxygens (including phenoxy) is 1. The molecule has 0 amide bonds. The minimum Gasteiger partial charge on any atom is -0.488 e. The Morgan fingerprint density at radius 1 is 1.04 bits per heavy atom. The molecule has 6 heteroatoms. The van der Waals surface area contributed by atoms with E-state index in [0.29, 0.717) is 18.1 Å². The second-order valence-electron chi connectivity index (χ2n) is 7.00. The molecule has 0 saturated carbocycles. The van der Waals surface area contributed by atoms with Crippen LogP contribution in [0.15, 0.2) is 59.1 Å². The lowest BCUT2D eigenvalue weighted by Gasteiger charge is -2.24. The molecule has 1 saturated heterocycles. The lowest BCUT2D eigenvalue weighted by Crippen LogP contribution is -2.34. The van der Waals surface area contributed by atoms with Crippen molar-refractivity contribution in [2.45, 2.75) is 25.4 Å². The molecular formula is C22H21N3O2S. The Hall–Kier alpha value is -2.70. The summed E-state index contributed by atoms with van der Waals surface area (Å²) in [5, 5.41) is 8.70. The van der Waals surface area contributed by atoms with Crippen LogP contribution in [0.4, 0.5) is 0 Å². The number of rotatable bonds is 5. The number of nitrogens with zero attached hydrogens (tertiary/aromatic N) is 2. The zero-order chi connectivity index (χ0) is 18.8. The molecule has 0 aliphatic carbocycles. The van der Waals surface area contributed by atoms with Crippen LogP contribution in [-0.4, -0.2) is 29.3 Å². The van der Waals surface area contributed by atoms with Crippen LogP contribution in [0, 0.1) is 0 Å². The van der Waals surface area contributed by atoms with Gasteiger partial charge in [-0.15, -0.1) is 11.3 Å². The first-order valence-electron chi connectivity index (χ1n) is 9.62. The third kappa shape index (κ3) is 3.53. The standard InChI is InChI=1S/C22H21N3O2S/c1-2-6-15(7-3-1)14-19-24-22(27-25-19)21-20(26-16-10-12-23-13-11-16)17-8-4-5-9-18(17)28-21/h1-9,16,23H,10-14H2. The predicted octanol–water partition coefficient (Wildman–Crippen LogP) is 4.67. The maximum Gasteiger partial charge on any atom is 0.271 e. The number of hydrogen-bond acceptors (Lipinski definition) is 6. The molecule has 2 aromatic carbocycles. The molecule has 2 aromatic heterocycles. The Morgan fingerprint density at radius 3 is 2.68 bits per heavy atom. The molecule has 28 heavy (non-hydrogen) atoms. The van der Waals surface area contributed by atoms with Gasteiger partial charge in [0, 0.05) is 16.5 Å². The van der Waals surface area contributed by atoms with Crippen molar-refractivity contribution in [3.05, 3.63) is 66.0 Å². The number of hydrogen-bond donors (Lipinski definition) is 1. The second-order valence-corrected chi connectivity index (χ2v) is 8.05. The summed E-state index contributed by atoms with van der Waals surface area (Å²) in [5.74, 6) is 2.10. The normalized spacial score (nSPS) is 15.1. The van der Waals surface area contributed by atoms with E-state index in [0.717, 1.165) is 47.5 Å². The van der Waals surface area contributed by atoms with Crippen molar-refractivity contribution in [3.8, 4) is 16.5 Å². The van der Waals surface area contributed by atoms with Crippen LogP contribution in [0.1, 0.15) is 24.2 Å². The van der Waals surface area contributed by atoms with Crippen molar-refractivity contribution in [3.63, 3.8) is 0 Å². The Bertz CT molecular complexity index is 1070. The maximum absolute atomic E-state index is 6.46. The van der Waals surface area contributed by atoms with Crippen molar-refractivity contribution in [1.82, 2.24) is 15.5 Å². The Morgan fingerprint density at radius 2 is 1.82 bits per heavy atom. The van der Waals surface area contributed by atoms with Gasteiger partial charge in [0.1, 0.15) is 11.0 Å². The Balaban J connectivity index is 1.49. The Labute approximate surface area is 167 Å². The summed E-state index contributed by atoms with van der Waals surface area (Å²) in [4.78, 5) is 5.59. The molecule has 142 valence electrons. The van der Waals surface area contributed by atoms with E-state index in [1.54, 1.807) is 11.3 Å². The van der Waals surface area contributed by atoms with Crippen LogP contribution in [-0.2, 0) is 6.42 Å². The van der Waals surface area contributed by atoms with Gasteiger partial charge < -0.3 is 14.6 Å². The highest BCUT2D eigenvalue weighted by molar-refractivity contribution is 7.22. The Kier molecular flexibility index (Phi) is 4.81. The quantitative estimate of drug-likeness (QED) is 0.536. The molecular weight excluding hydrogens is 370 g/mol. The van der Waals surface area contributed by atoms with E-state index < -0.39 is 0 Å². The van der Waals surface area contributed by atoms with Gasteiger partial charge >= 0.3 is 0 Å². The fraction of sp³-hybridized carbons (Fsp3) is 0.273. The van der Waals surface area contributed by atoms with E-state index in [-0.39, 0.29) is 6.10 Å². The molecule has 0 radical (unpaired) electrons. The molecule has 0 bridgehead atoms. The lowest BCUT2D eigenvalue weighted by molar-refractivity contribution is 0.165. The molecule has 3 heterocycles. The minimum atomic E-state index is 0.213. The van der Waals surface area contributed by atoms with E-state index in [2.05, 4.69) is 39.7 Å². The molecule has 0 spiro atoms. The van der Waals surface area contributed by atoms with Gasteiger partial charge in [-0.25, -0.2) is 0 Å². The summed E-state index contributed by atoms with van der Waals surface area (Å²) >= 11 is 1.65. The van der Waals surface area contributed by atoms with Gasteiger partial charge in [-0.1, -0.05) is 47.6 Å². The summed E-state index contributed by atoms with van der Waals surface area (Å²) in [6.07, 6.45) is 2.88. The number of benzene rings is 2. The number of nitrogens with one attached hydrogen (secondary N) is 1. The maximum atomic E-state index is 6.46. The third-order valence-electron chi connectivity index (χ3n) is 4.99. The van der Waals surface area contributed by atoms with Gasteiger partial charge in [0.25, 0.3) is 5.89 Å².